The van der Waals surface area contributed by atoms with Crippen LogP contribution in [0.15, 0.2) is 42.5 Å². The lowest BCUT2D eigenvalue weighted by Gasteiger charge is -2.19. The molecule has 10 nitrogen and oxygen atoms in total. The smallest absolute Gasteiger partial charge is 0.412 e. The van der Waals surface area contributed by atoms with Gasteiger partial charge in [0.1, 0.15) is 17.0 Å². The molecule has 0 aliphatic carbocycles. The minimum atomic E-state index is -3.89. The Balaban J connectivity index is 2.28. The molecule has 1 amide bonds. The van der Waals surface area contributed by atoms with E-state index in [1.54, 1.807) is 39.0 Å². The summed E-state index contributed by atoms with van der Waals surface area (Å²) >= 11 is 0. The molecule has 156 valence electrons. The van der Waals surface area contributed by atoms with E-state index >= 15 is 0 Å². The van der Waals surface area contributed by atoms with E-state index in [0.29, 0.717) is 11.1 Å². The normalized spacial score (nSPS) is 11.6. The molecule has 2 aromatic carbocycles. The third-order valence-electron chi connectivity index (χ3n) is 3.47. The second-order valence-corrected chi connectivity index (χ2v) is 8.37. The van der Waals surface area contributed by atoms with E-state index in [4.69, 9.17) is 8.92 Å². The fourth-order valence-corrected chi connectivity index (χ4v) is 2.70. The van der Waals surface area contributed by atoms with Crippen molar-refractivity contribution in [3.63, 3.8) is 0 Å². The number of hydrogen-bond acceptors (Lipinski definition) is 7. The third kappa shape index (κ3) is 6.43. The van der Waals surface area contributed by atoms with E-state index in [2.05, 4.69) is 5.32 Å². The number of hydrogen-bond donors (Lipinski definition) is 2. The second kappa shape index (κ2) is 8.45. The van der Waals surface area contributed by atoms with Crippen molar-refractivity contribution in [1.29, 1.82) is 0 Å². The van der Waals surface area contributed by atoms with E-state index in [0.717, 1.165) is 0 Å². The van der Waals surface area contributed by atoms with E-state index in [-0.39, 0.29) is 17.1 Å². The Bertz CT molecular complexity index is 1010. The van der Waals surface area contributed by atoms with Gasteiger partial charge in [0.2, 0.25) is 0 Å². The summed E-state index contributed by atoms with van der Waals surface area (Å²) in [6.07, 6.45) is -0.805. The molecule has 11 heteroatoms. The van der Waals surface area contributed by atoms with Gasteiger partial charge in [-0.1, -0.05) is 18.2 Å². The van der Waals surface area contributed by atoms with E-state index in [1.807, 2.05) is 4.72 Å². The summed E-state index contributed by atoms with van der Waals surface area (Å²) in [4.78, 5) is 22.7. The molecule has 2 aromatic rings. The number of nitro benzene ring substituents is 1. The van der Waals surface area contributed by atoms with Gasteiger partial charge in [-0.15, -0.1) is 0 Å². The Morgan fingerprint density at radius 2 is 1.66 bits per heavy atom. The maximum Gasteiger partial charge on any atom is 0.412 e. The van der Waals surface area contributed by atoms with Gasteiger partial charge in [-0.2, -0.15) is 13.1 Å². The van der Waals surface area contributed by atoms with Crippen molar-refractivity contribution >= 4 is 27.8 Å². The molecule has 29 heavy (non-hydrogen) atoms. The molecule has 0 fully saturated rings. The second-order valence-electron chi connectivity index (χ2n) is 6.88. The molecule has 0 aromatic heterocycles. The molecule has 0 bridgehead atoms. The summed E-state index contributed by atoms with van der Waals surface area (Å²) in [6, 6.07) is 10.2. The van der Waals surface area contributed by atoms with Gasteiger partial charge in [0.25, 0.3) is 5.69 Å². The van der Waals surface area contributed by atoms with Crippen molar-refractivity contribution in [1.82, 2.24) is 4.72 Å². The zero-order valence-electron chi connectivity index (χ0n) is 16.3. The Labute approximate surface area is 168 Å². The first-order valence-corrected chi connectivity index (χ1v) is 9.83. The summed E-state index contributed by atoms with van der Waals surface area (Å²) in [5.41, 5.74) is 0.0174. The number of nitro groups is 1. The number of ether oxygens (including phenoxy) is 1. The van der Waals surface area contributed by atoms with Crippen molar-refractivity contribution < 1.29 is 27.1 Å². The summed E-state index contributed by atoms with van der Waals surface area (Å²) in [5.74, 6) is 0.0841. The lowest BCUT2D eigenvalue weighted by molar-refractivity contribution is -0.383. The molecule has 0 saturated heterocycles. The molecule has 0 spiro atoms. The minimum absolute atomic E-state index is 0.00642. The first-order chi connectivity index (χ1) is 13.4. The van der Waals surface area contributed by atoms with Crippen molar-refractivity contribution in [3.05, 3.63) is 52.6 Å². The quantitative estimate of drug-likeness (QED) is 0.536. The monoisotopic (exact) mass is 423 g/mol. The van der Waals surface area contributed by atoms with Crippen LogP contribution in [0.4, 0.5) is 16.2 Å². The number of nitrogens with zero attached hydrogens (tertiary/aromatic N) is 1. The molecule has 2 N–H and O–H groups in total. The summed E-state index contributed by atoms with van der Waals surface area (Å²) in [7, 11) is -2.67. The van der Waals surface area contributed by atoms with Gasteiger partial charge in [0.15, 0.2) is 0 Å². The zero-order valence-corrected chi connectivity index (χ0v) is 17.1. The van der Waals surface area contributed by atoms with Gasteiger partial charge in [0.05, 0.1) is 4.92 Å². The van der Waals surface area contributed by atoms with Crippen molar-refractivity contribution in [3.8, 4) is 16.9 Å². The van der Waals surface area contributed by atoms with Crippen LogP contribution in [0.2, 0.25) is 0 Å². The first kappa shape index (κ1) is 22.1. The Morgan fingerprint density at radius 1 is 1.07 bits per heavy atom. The topological polar surface area (TPSA) is 137 Å². The summed E-state index contributed by atoms with van der Waals surface area (Å²) in [5, 5.41) is 13.8. The Morgan fingerprint density at radius 3 is 2.17 bits per heavy atom. The summed E-state index contributed by atoms with van der Waals surface area (Å²) < 4.78 is 34.7. The van der Waals surface area contributed by atoms with Crippen molar-refractivity contribution in [2.45, 2.75) is 26.4 Å². The van der Waals surface area contributed by atoms with Gasteiger partial charge in [-0.3, -0.25) is 15.4 Å². The van der Waals surface area contributed by atoms with Crippen LogP contribution >= 0.6 is 0 Å². The number of amides is 1. The average molecular weight is 423 g/mol. The average Bonchev–Trinajstić information content (AvgIpc) is 2.60. The number of carbonyl (C=O) groups excluding carboxylic acids is 1. The standard InChI is InChI=1S/C18H21N3O7S/c1-18(2,3)27-17(22)20-15-10-7-13(11-16(15)21(23)24)12-5-8-14(9-6-12)28-29(25,26)19-4/h5-11,19H,1-4H3,(H,20,22). The fraction of sp³-hybridized carbons (Fsp3) is 0.278. The van der Waals surface area contributed by atoms with Gasteiger partial charge in [-0.05, 0) is 50.1 Å². The molecule has 0 atom stereocenters. The lowest BCUT2D eigenvalue weighted by Crippen LogP contribution is -2.27. The fourth-order valence-electron chi connectivity index (χ4n) is 2.25. The molecule has 0 heterocycles. The number of benzene rings is 2. The van der Waals surface area contributed by atoms with Gasteiger partial charge >= 0.3 is 16.4 Å². The van der Waals surface area contributed by atoms with Gasteiger partial charge in [-0.25, -0.2) is 4.79 Å². The molecular weight excluding hydrogens is 402 g/mol. The molecule has 0 aliphatic heterocycles. The van der Waals surface area contributed by atoms with Crippen molar-refractivity contribution in [2.24, 2.45) is 0 Å². The highest BCUT2D eigenvalue weighted by Gasteiger charge is 2.21. The number of rotatable bonds is 6. The number of carbonyl (C=O) groups is 1. The third-order valence-corrected chi connectivity index (χ3v) is 4.39. The van der Waals surface area contributed by atoms with Crippen LogP contribution in [-0.2, 0) is 15.0 Å². The number of anilines is 1. The van der Waals surface area contributed by atoms with Gasteiger partial charge < -0.3 is 8.92 Å². The van der Waals surface area contributed by atoms with Crippen LogP contribution in [0.1, 0.15) is 20.8 Å². The van der Waals surface area contributed by atoms with Crippen molar-refractivity contribution in [2.75, 3.05) is 12.4 Å². The van der Waals surface area contributed by atoms with E-state index < -0.39 is 26.9 Å². The molecular formula is C18H21N3O7S. The van der Waals surface area contributed by atoms with Crippen LogP contribution < -0.4 is 14.2 Å². The number of nitrogens with one attached hydrogen (secondary N) is 2. The Hall–Kier alpha value is -3.18. The maximum atomic E-state index is 11.9. The summed E-state index contributed by atoms with van der Waals surface area (Å²) in [6.45, 7) is 5.04. The minimum Gasteiger partial charge on any atom is -0.444 e. The van der Waals surface area contributed by atoms with Crippen LogP contribution in [-0.4, -0.2) is 32.1 Å². The lowest BCUT2D eigenvalue weighted by atomic mass is 10.0. The highest BCUT2D eigenvalue weighted by molar-refractivity contribution is 7.85. The molecule has 2 rings (SSSR count). The van der Waals surface area contributed by atoms with E-state index in [9.17, 15) is 23.3 Å². The van der Waals surface area contributed by atoms with Crippen LogP contribution in [0, 0.1) is 10.1 Å². The largest absolute Gasteiger partial charge is 0.444 e. The SMILES string of the molecule is CNS(=O)(=O)Oc1ccc(-c2ccc(NC(=O)OC(C)(C)C)c([N+](=O)[O-])c2)cc1. The van der Waals surface area contributed by atoms with Crippen LogP contribution in [0.5, 0.6) is 5.75 Å². The highest BCUT2D eigenvalue weighted by atomic mass is 32.2. The first-order valence-electron chi connectivity index (χ1n) is 8.42. The maximum absolute atomic E-state index is 11.9. The van der Waals surface area contributed by atoms with E-state index in [1.165, 1.54) is 31.3 Å². The van der Waals surface area contributed by atoms with Crippen LogP contribution in [0.25, 0.3) is 11.1 Å². The van der Waals surface area contributed by atoms with Crippen LogP contribution in [0.3, 0.4) is 0 Å². The highest BCUT2D eigenvalue weighted by Crippen LogP contribution is 2.32. The molecule has 0 aliphatic rings. The molecule has 0 saturated carbocycles. The predicted molar refractivity (Wildman–Crippen MR) is 107 cm³/mol. The van der Waals surface area contributed by atoms with Gasteiger partial charge in [0, 0.05) is 13.1 Å². The Kier molecular flexibility index (Phi) is 6.44. The zero-order chi connectivity index (χ0) is 21.8. The predicted octanol–water partition coefficient (Wildman–Crippen LogP) is 3.45. The molecule has 0 radical (unpaired) electrons. The molecule has 0 unspecified atom stereocenters.